The fraction of sp³-hybridized carbons (Fsp3) is 0.111. The van der Waals surface area contributed by atoms with Crippen LogP contribution in [0.15, 0.2) is 53.3 Å². The predicted molar refractivity (Wildman–Crippen MR) is 86.3 cm³/mol. The first-order valence-electron chi connectivity index (χ1n) is 7.09. The van der Waals surface area contributed by atoms with E-state index in [0.29, 0.717) is 10.9 Å². The van der Waals surface area contributed by atoms with Crippen molar-refractivity contribution in [1.29, 1.82) is 0 Å². The van der Waals surface area contributed by atoms with E-state index < -0.39 is 5.97 Å². The lowest BCUT2D eigenvalue weighted by atomic mass is 10.0. The minimum atomic E-state index is -1.04. The number of aryl methyl sites for hydroxylation is 1. The van der Waals surface area contributed by atoms with Crippen LogP contribution in [0.5, 0.6) is 0 Å². The van der Waals surface area contributed by atoms with Crippen molar-refractivity contribution in [3.8, 4) is 11.3 Å². The molecule has 3 aromatic rings. The van der Waals surface area contributed by atoms with Gasteiger partial charge in [0.15, 0.2) is 5.43 Å². The van der Waals surface area contributed by atoms with E-state index in [1.807, 2.05) is 24.3 Å². The van der Waals surface area contributed by atoms with E-state index in [1.165, 1.54) is 18.2 Å². The maximum Gasteiger partial charge on any atom is 0.335 e. The molecule has 110 valence electrons. The van der Waals surface area contributed by atoms with Gasteiger partial charge < -0.3 is 10.1 Å². The molecular weight excluding hydrogens is 278 g/mol. The first-order chi connectivity index (χ1) is 10.6. The van der Waals surface area contributed by atoms with Crippen LogP contribution in [-0.4, -0.2) is 16.1 Å². The first kappa shape index (κ1) is 14.1. The summed E-state index contributed by atoms with van der Waals surface area (Å²) in [5, 5.41) is 9.41. The second kappa shape index (κ2) is 5.48. The fourth-order valence-corrected chi connectivity index (χ4v) is 2.62. The van der Waals surface area contributed by atoms with E-state index in [9.17, 15) is 9.59 Å². The molecule has 1 aromatic heterocycles. The minimum Gasteiger partial charge on any atom is -0.478 e. The lowest BCUT2D eigenvalue weighted by molar-refractivity contribution is 0.0697. The number of hydrogen-bond acceptors (Lipinski definition) is 2. The third-order valence-corrected chi connectivity index (χ3v) is 3.77. The quantitative estimate of drug-likeness (QED) is 0.777. The summed E-state index contributed by atoms with van der Waals surface area (Å²) >= 11 is 0. The van der Waals surface area contributed by atoms with Gasteiger partial charge in [-0.3, -0.25) is 4.79 Å². The smallest absolute Gasteiger partial charge is 0.335 e. The zero-order valence-electron chi connectivity index (χ0n) is 12.1. The van der Waals surface area contributed by atoms with Gasteiger partial charge in [0.1, 0.15) is 0 Å². The maximum atomic E-state index is 12.3. The highest BCUT2D eigenvalue weighted by Gasteiger charge is 2.10. The molecule has 0 saturated heterocycles. The van der Waals surface area contributed by atoms with Crippen molar-refractivity contribution in [2.75, 3.05) is 0 Å². The first-order valence-corrected chi connectivity index (χ1v) is 7.09. The SMILES string of the molecule is CCc1ccccc1-c1cc(=O)c2cc(C(=O)O)ccc2[nH]1. The fourth-order valence-electron chi connectivity index (χ4n) is 2.62. The van der Waals surface area contributed by atoms with Crippen molar-refractivity contribution >= 4 is 16.9 Å². The molecule has 0 unspecified atom stereocenters. The Labute approximate surface area is 127 Å². The van der Waals surface area contributed by atoms with Crippen LogP contribution in [0, 0.1) is 0 Å². The number of fused-ring (bicyclic) bond motifs is 1. The molecule has 0 aliphatic rings. The molecule has 3 rings (SSSR count). The average molecular weight is 293 g/mol. The summed E-state index contributed by atoms with van der Waals surface area (Å²) in [6, 6.07) is 14.0. The number of hydrogen-bond donors (Lipinski definition) is 2. The van der Waals surface area contributed by atoms with Crippen LogP contribution in [0.25, 0.3) is 22.2 Å². The Morgan fingerprint density at radius 2 is 1.91 bits per heavy atom. The number of nitrogens with one attached hydrogen (secondary N) is 1. The summed E-state index contributed by atoms with van der Waals surface area (Å²) in [4.78, 5) is 26.6. The highest BCUT2D eigenvalue weighted by molar-refractivity contribution is 5.93. The van der Waals surface area contributed by atoms with E-state index in [2.05, 4.69) is 11.9 Å². The molecule has 0 amide bonds. The number of H-pyrrole nitrogens is 1. The molecule has 0 aliphatic carbocycles. The summed E-state index contributed by atoms with van der Waals surface area (Å²) in [6.07, 6.45) is 0.869. The molecule has 0 spiro atoms. The summed E-state index contributed by atoms with van der Waals surface area (Å²) < 4.78 is 0. The molecule has 0 bridgehead atoms. The molecule has 0 fully saturated rings. The summed E-state index contributed by atoms with van der Waals surface area (Å²) in [6.45, 7) is 2.07. The Morgan fingerprint density at radius 3 is 2.64 bits per heavy atom. The molecule has 22 heavy (non-hydrogen) atoms. The maximum absolute atomic E-state index is 12.3. The van der Waals surface area contributed by atoms with Gasteiger partial charge in [0.25, 0.3) is 0 Å². The van der Waals surface area contributed by atoms with Crippen molar-refractivity contribution in [1.82, 2.24) is 4.98 Å². The number of carbonyl (C=O) groups is 1. The highest BCUT2D eigenvalue weighted by Crippen LogP contribution is 2.23. The van der Waals surface area contributed by atoms with E-state index in [1.54, 1.807) is 6.07 Å². The third-order valence-electron chi connectivity index (χ3n) is 3.77. The van der Waals surface area contributed by atoms with E-state index in [0.717, 1.165) is 23.2 Å². The summed E-state index contributed by atoms with van der Waals surface area (Å²) in [5.41, 5.74) is 3.46. The Morgan fingerprint density at radius 1 is 1.14 bits per heavy atom. The van der Waals surface area contributed by atoms with Crippen LogP contribution >= 0.6 is 0 Å². The third kappa shape index (κ3) is 2.39. The lowest BCUT2D eigenvalue weighted by Crippen LogP contribution is -2.06. The van der Waals surface area contributed by atoms with Crippen LogP contribution in [0.4, 0.5) is 0 Å². The number of aromatic nitrogens is 1. The Bertz CT molecular complexity index is 925. The van der Waals surface area contributed by atoms with Gasteiger partial charge in [0, 0.05) is 28.2 Å². The van der Waals surface area contributed by atoms with Crippen molar-refractivity contribution < 1.29 is 9.90 Å². The van der Waals surface area contributed by atoms with Crippen LogP contribution < -0.4 is 5.43 Å². The van der Waals surface area contributed by atoms with Gasteiger partial charge >= 0.3 is 5.97 Å². The van der Waals surface area contributed by atoms with Crippen molar-refractivity contribution in [3.05, 3.63) is 69.9 Å². The Balaban J connectivity index is 2.24. The Kier molecular flexibility index (Phi) is 3.51. The Hall–Kier alpha value is -2.88. The van der Waals surface area contributed by atoms with Crippen LogP contribution in [0.3, 0.4) is 0 Å². The molecule has 0 aliphatic heterocycles. The average Bonchev–Trinajstić information content (AvgIpc) is 2.54. The van der Waals surface area contributed by atoms with Gasteiger partial charge in [-0.05, 0) is 30.2 Å². The van der Waals surface area contributed by atoms with Gasteiger partial charge in [-0.15, -0.1) is 0 Å². The molecule has 0 atom stereocenters. The second-order valence-corrected chi connectivity index (χ2v) is 5.12. The minimum absolute atomic E-state index is 0.111. The number of pyridine rings is 1. The van der Waals surface area contributed by atoms with E-state index >= 15 is 0 Å². The molecule has 0 saturated carbocycles. The zero-order valence-corrected chi connectivity index (χ0v) is 12.1. The number of rotatable bonds is 3. The lowest BCUT2D eigenvalue weighted by Gasteiger charge is -2.09. The van der Waals surface area contributed by atoms with Gasteiger partial charge in [0.05, 0.1) is 5.56 Å². The monoisotopic (exact) mass is 293 g/mol. The normalized spacial score (nSPS) is 10.8. The van der Waals surface area contributed by atoms with Gasteiger partial charge in [-0.1, -0.05) is 31.2 Å². The molecule has 2 N–H and O–H groups in total. The van der Waals surface area contributed by atoms with Gasteiger partial charge in [-0.2, -0.15) is 0 Å². The zero-order chi connectivity index (χ0) is 15.7. The van der Waals surface area contributed by atoms with Crippen LogP contribution in [0.2, 0.25) is 0 Å². The van der Waals surface area contributed by atoms with E-state index in [-0.39, 0.29) is 11.0 Å². The number of aromatic amines is 1. The molecule has 2 aromatic carbocycles. The highest BCUT2D eigenvalue weighted by atomic mass is 16.4. The summed E-state index contributed by atoms with van der Waals surface area (Å²) in [5.74, 6) is -1.04. The van der Waals surface area contributed by atoms with Crippen LogP contribution in [-0.2, 0) is 6.42 Å². The van der Waals surface area contributed by atoms with Crippen molar-refractivity contribution in [2.45, 2.75) is 13.3 Å². The van der Waals surface area contributed by atoms with E-state index in [4.69, 9.17) is 5.11 Å². The molecule has 4 nitrogen and oxygen atoms in total. The van der Waals surface area contributed by atoms with Crippen molar-refractivity contribution in [3.63, 3.8) is 0 Å². The molecule has 1 heterocycles. The number of aromatic carboxylic acids is 1. The largest absolute Gasteiger partial charge is 0.478 e. The predicted octanol–water partition coefficient (Wildman–Crippen LogP) is 3.46. The molecule has 4 heteroatoms. The topological polar surface area (TPSA) is 70.2 Å². The van der Waals surface area contributed by atoms with Crippen LogP contribution in [0.1, 0.15) is 22.8 Å². The molecule has 0 radical (unpaired) electrons. The van der Waals surface area contributed by atoms with Gasteiger partial charge in [0.2, 0.25) is 0 Å². The molecular formula is C18H15NO3. The summed E-state index contributed by atoms with van der Waals surface area (Å²) in [7, 11) is 0. The number of benzene rings is 2. The van der Waals surface area contributed by atoms with Gasteiger partial charge in [-0.25, -0.2) is 4.79 Å². The number of carboxylic acids is 1. The standard InChI is InChI=1S/C18H15NO3/c1-2-11-5-3-4-6-13(11)16-10-17(20)14-9-12(18(21)22)7-8-15(14)19-16/h3-10H,2H2,1H3,(H,19,20)(H,21,22). The number of carboxylic acid groups (broad SMARTS) is 1. The second-order valence-electron chi connectivity index (χ2n) is 5.12. The van der Waals surface area contributed by atoms with Crippen molar-refractivity contribution in [2.24, 2.45) is 0 Å².